The fourth-order valence-electron chi connectivity index (χ4n) is 3.25. The van der Waals surface area contributed by atoms with Crippen LogP contribution in [0.25, 0.3) is 0 Å². The van der Waals surface area contributed by atoms with E-state index in [1.54, 1.807) is 0 Å². The Hall–Kier alpha value is -2.82. The summed E-state index contributed by atoms with van der Waals surface area (Å²) in [6, 6.07) is 15.8. The van der Waals surface area contributed by atoms with Crippen molar-refractivity contribution in [3.05, 3.63) is 65.2 Å². The standard InChI is InChI=1S/C23H31N3O2/c1-5-26(22-9-7-6-8-18(22)3)15-14-24-23(28)16-21(25-19(4)27)20-12-10-17(2)11-13-20/h6-13,21H,5,14-16H2,1-4H3,(H,24,28)(H,25,27). The van der Waals surface area contributed by atoms with Gasteiger partial charge in [-0.05, 0) is 38.0 Å². The zero-order valence-corrected chi connectivity index (χ0v) is 17.3. The van der Waals surface area contributed by atoms with E-state index in [1.165, 1.54) is 18.2 Å². The second-order valence-corrected chi connectivity index (χ2v) is 7.08. The molecule has 0 aromatic heterocycles. The van der Waals surface area contributed by atoms with Crippen molar-refractivity contribution in [2.24, 2.45) is 0 Å². The van der Waals surface area contributed by atoms with E-state index in [0.717, 1.165) is 24.2 Å². The number of aryl methyl sites for hydroxylation is 2. The molecular formula is C23H31N3O2. The molecule has 0 aliphatic heterocycles. The van der Waals surface area contributed by atoms with Gasteiger partial charge >= 0.3 is 0 Å². The van der Waals surface area contributed by atoms with Gasteiger partial charge in [0.2, 0.25) is 11.8 Å². The normalized spacial score (nSPS) is 11.6. The predicted octanol–water partition coefficient (Wildman–Crippen LogP) is 3.51. The highest BCUT2D eigenvalue weighted by atomic mass is 16.2. The van der Waals surface area contributed by atoms with Crippen molar-refractivity contribution in [1.29, 1.82) is 0 Å². The van der Waals surface area contributed by atoms with Gasteiger partial charge in [-0.1, -0.05) is 48.0 Å². The van der Waals surface area contributed by atoms with Gasteiger partial charge < -0.3 is 15.5 Å². The largest absolute Gasteiger partial charge is 0.370 e. The molecule has 2 amide bonds. The molecule has 0 heterocycles. The summed E-state index contributed by atoms with van der Waals surface area (Å²) in [5.41, 5.74) is 4.49. The van der Waals surface area contributed by atoms with Crippen LogP contribution in [0.5, 0.6) is 0 Å². The summed E-state index contributed by atoms with van der Waals surface area (Å²) in [5, 5.41) is 5.87. The van der Waals surface area contributed by atoms with Crippen LogP contribution < -0.4 is 15.5 Å². The van der Waals surface area contributed by atoms with Gasteiger partial charge in [0.1, 0.15) is 0 Å². The summed E-state index contributed by atoms with van der Waals surface area (Å²) in [4.78, 5) is 26.3. The fourth-order valence-corrected chi connectivity index (χ4v) is 3.25. The molecule has 1 atom stereocenters. The van der Waals surface area contributed by atoms with Crippen LogP contribution in [0.3, 0.4) is 0 Å². The summed E-state index contributed by atoms with van der Waals surface area (Å²) < 4.78 is 0. The van der Waals surface area contributed by atoms with Crippen LogP contribution >= 0.6 is 0 Å². The minimum absolute atomic E-state index is 0.0693. The average Bonchev–Trinajstić information content (AvgIpc) is 2.66. The zero-order chi connectivity index (χ0) is 20.5. The maximum Gasteiger partial charge on any atom is 0.222 e. The van der Waals surface area contributed by atoms with Gasteiger partial charge in [-0.25, -0.2) is 0 Å². The summed E-state index contributed by atoms with van der Waals surface area (Å²) in [6.45, 7) is 9.86. The van der Waals surface area contributed by atoms with Gasteiger partial charge in [-0.3, -0.25) is 9.59 Å². The van der Waals surface area contributed by atoms with Crippen molar-refractivity contribution in [3.8, 4) is 0 Å². The van der Waals surface area contributed by atoms with Crippen molar-refractivity contribution in [2.45, 2.75) is 40.2 Å². The van der Waals surface area contributed by atoms with E-state index in [1.807, 2.05) is 43.3 Å². The lowest BCUT2D eigenvalue weighted by molar-refractivity contribution is -0.122. The molecule has 2 aromatic rings. The number of nitrogens with one attached hydrogen (secondary N) is 2. The molecule has 0 aliphatic rings. The molecule has 0 aliphatic carbocycles. The van der Waals surface area contributed by atoms with Crippen LogP contribution in [0.1, 0.15) is 43.0 Å². The summed E-state index contributed by atoms with van der Waals surface area (Å²) in [7, 11) is 0. The first kappa shape index (κ1) is 21.5. The first-order valence-corrected chi connectivity index (χ1v) is 9.81. The molecule has 0 spiro atoms. The van der Waals surface area contributed by atoms with Crippen molar-refractivity contribution in [2.75, 3.05) is 24.5 Å². The Bertz CT molecular complexity index is 787. The first-order chi connectivity index (χ1) is 13.4. The topological polar surface area (TPSA) is 61.4 Å². The Kier molecular flexibility index (Phi) is 8.05. The van der Waals surface area contributed by atoms with Crippen LogP contribution in [0.4, 0.5) is 5.69 Å². The zero-order valence-electron chi connectivity index (χ0n) is 17.3. The Morgan fingerprint density at radius 3 is 2.32 bits per heavy atom. The Morgan fingerprint density at radius 1 is 1.04 bits per heavy atom. The third-order valence-electron chi connectivity index (χ3n) is 4.79. The van der Waals surface area contributed by atoms with E-state index in [-0.39, 0.29) is 24.3 Å². The summed E-state index contributed by atoms with van der Waals surface area (Å²) >= 11 is 0. The Labute approximate surface area is 168 Å². The molecule has 28 heavy (non-hydrogen) atoms. The number of carbonyl (C=O) groups excluding carboxylic acids is 2. The third kappa shape index (κ3) is 6.41. The van der Waals surface area contributed by atoms with E-state index in [4.69, 9.17) is 0 Å². The molecule has 0 radical (unpaired) electrons. The summed E-state index contributed by atoms with van der Waals surface area (Å²) in [6.07, 6.45) is 0.221. The molecule has 0 saturated heterocycles. The second kappa shape index (κ2) is 10.5. The predicted molar refractivity (Wildman–Crippen MR) is 114 cm³/mol. The monoisotopic (exact) mass is 381 g/mol. The number of amides is 2. The van der Waals surface area contributed by atoms with Gasteiger partial charge in [0.25, 0.3) is 0 Å². The quantitative estimate of drug-likeness (QED) is 0.699. The van der Waals surface area contributed by atoms with Gasteiger partial charge in [0.05, 0.1) is 12.5 Å². The molecule has 2 rings (SSSR count). The van der Waals surface area contributed by atoms with E-state index in [0.29, 0.717) is 6.54 Å². The number of hydrogen-bond donors (Lipinski definition) is 2. The van der Waals surface area contributed by atoms with Gasteiger partial charge in [0, 0.05) is 32.2 Å². The number of likely N-dealkylation sites (N-methyl/N-ethyl adjacent to an activating group) is 1. The highest BCUT2D eigenvalue weighted by Crippen LogP contribution is 2.19. The molecular weight excluding hydrogens is 350 g/mol. The van der Waals surface area contributed by atoms with E-state index in [2.05, 4.69) is 41.5 Å². The highest BCUT2D eigenvalue weighted by Gasteiger charge is 2.17. The van der Waals surface area contributed by atoms with Crippen LogP contribution in [0, 0.1) is 13.8 Å². The maximum absolute atomic E-state index is 12.5. The number of hydrogen-bond acceptors (Lipinski definition) is 3. The first-order valence-electron chi connectivity index (χ1n) is 9.81. The van der Waals surface area contributed by atoms with Crippen LogP contribution in [-0.2, 0) is 9.59 Å². The second-order valence-electron chi connectivity index (χ2n) is 7.08. The number of nitrogens with zero attached hydrogens (tertiary/aromatic N) is 1. The lowest BCUT2D eigenvalue weighted by Crippen LogP contribution is -2.37. The molecule has 5 nitrogen and oxygen atoms in total. The fraction of sp³-hybridized carbons (Fsp3) is 0.391. The molecule has 1 unspecified atom stereocenters. The molecule has 0 fully saturated rings. The Morgan fingerprint density at radius 2 is 1.71 bits per heavy atom. The maximum atomic E-state index is 12.5. The number of rotatable bonds is 9. The van der Waals surface area contributed by atoms with Crippen molar-refractivity contribution in [1.82, 2.24) is 10.6 Å². The van der Waals surface area contributed by atoms with Crippen molar-refractivity contribution < 1.29 is 9.59 Å². The highest BCUT2D eigenvalue weighted by molar-refractivity contribution is 5.79. The average molecular weight is 382 g/mol. The van der Waals surface area contributed by atoms with Crippen LogP contribution in [0.15, 0.2) is 48.5 Å². The molecule has 0 saturated carbocycles. The van der Waals surface area contributed by atoms with E-state index in [9.17, 15) is 9.59 Å². The molecule has 2 N–H and O–H groups in total. The minimum atomic E-state index is -0.322. The van der Waals surface area contributed by atoms with Gasteiger partial charge in [0.15, 0.2) is 0 Å². The lowest BCUT2D eigenvalue weighted by atomic mass is 10.0. The molecule has 0 bridgehead atoms. The number of anilines is 1. The van der Waals surface area contributed by atoms with Crippen molar-refractivity contribution in [3.63, 3.8) is 0 Å². The molecule has 5 heteroatoms. The SMILES string of the molecule is CCN(CCNC(=O)CC(NC(C)=O)c1ccc(C)cc1)c1ccccc1C. The van der Waals surface area contributed by atoms with Gasteiger partial charge in [-0.2, -0.15) is 0 Å². The van der Waals surface area contributed by atoms with Crippen molar-refractivity contribution >= 4 is 17.5 Å². The lowest BCUT2D eigenvalue weighted by Gasteiger charge is -2.25. The van der Waals surface area contributed by atoms with Crippen LogP contribution in [0.2, 0.25) is 0 Å². The molecule has 2 aromatic carbocycles. The third-order valence-corrected chi connectivity index (χ3v) is 4.79. The smallest absolute Gasteiger partial charge is 0.222 e. The van der Waals surface area contributed by atoms with E-state index < -0.39 is 0 Å². The van der Waals surface area contributed by atoms with Gasteiger partial charge in [-0.15, -0.1) is 0 Å². The molecule has 150 valence electrons. The van der Waals surface area contributed by atoms with Crippen LogP contribution in [-0.4, -0.2) is 31.4 Å². The number of para-hydroxylation sites is 1. The minimum Gasteiger partial charge on any atom is -0.370 e. The summed E-state index contributed by atoms with van der Waals surface area (Å²) in [5.74, 6) is -0.213. The van der Waals surface area contributed by atoms with E-state index >= 15 is 0 Å². The number of carbonyl (C=O) groups is 2. The Balaban J connectivity index is 1.92. The number of benzene rings is 2.